The fourth-order valence-corrected chi connectivity index (χ4v) is 5.35. The zero-order chi connectivity index (χ0) is 23.4. The lowest BCUT2D eigenvalue weighted by Crippen LogP contribution is -2.06. The number of fused-ring (bicyclic) bond motifs is 2. The van der Waals surface area contributed by atoms with Gasteiger partial charge in [0.25, 0.3) is 0 Å². The lowest BCUT2D eigenvalue weighted by atomic mass is 9.88. The second-order valence-electron chi connectivity index (χ2n) is 10.1. The summed E-state index contributed by atoms with van der Waals surface area (Å²) >= 11 is 0. The van der Waals surface area contributed by atoms with Crippen molar-refractivity contribution < 1.29 is 14.2 Å². The number of benzene rings is 4. The molecule has 6 rings (SSSR count). The predicted octanol–water partition coefficient (Wildman–Crippen LogP) is 7.46. The summed E-state index contributed by atoms with van der Waals surface area (Å²) in [5.74, 6) is 2.76. The van der Waals surface area contributed by atoms with Crippen molar-refractivity contribution in [2.45, 2.75) is 46.6 Å². The summed E-state index contributed by atoms with van der Waals surface area (Å²) in [5, 5.41) is 5.04. The van der Waals surface area contributed by atoms with Gasteiger partial charge in [-0.05, 0) is 114 Å². The molecule has 1 aliphatic heterocycles. The maximum absolute atomic E-state index is 6.36. The Morgan fingerprint density at radius 3 is 1.71 bits per heavy atom. The molecule has 34 heavy (non-hydrogen) atoms. The van der Waals surface area contributed by atoms with E-state index in [1.165, 1.54) is 67.8 Å². The lowest BCUT2D eigenvalue weighted by Gasteiger charge is -2.20. The minimum Gasteiger partial charge on any atom is -0.493 e. The maximum atomic E-state index is 6.36. The first-order valence-electron chi connectivity index (χ1n) is 12.4. The highest BCUT2D eigenvalue weighted by atomic mass is 16.6. The summed E-state index contributed by atoms with van der Waals surface area (Å²) in [6.45, 7) is 10.9. The van der Waals surface area contributed by atoms with E-state index in [2.05, 4.69) is 76.2 Å². The molecule has 1 heterocycles. The molecule has 1 saturated carbocycles. The summed E-state index contributed by atoms with van der Waals surface area (Å²) in [6, 6.07) is 17.8. The second kappa shape index (κ2) is 8.32. The monoisotopic (exact) mass is 452 g/mol. The van der Waals surface area contributed by atoms with E-state index in [-0.39, 0.29) is 6.10 Å². The molecule has 2 fully saturated rings. The van der Waals surface area contributed by atoms with Gasteiger partial charge in [0.2, 0.25) is 0 Å². The molecule has 1 saturated heterocycles. The van der Waals surface area contributed by atoms with E-state index in [4.69, 9.17) is 14.2 Å². The molecule has 174 valence electrons. The Hall–Kier alpha value is -3.04. The normalized spacial score (nSPS) is 17.4. The summed E-state index contributed by atoms with van der Waals surface area (Å²) in [7, 11) is 0. The summed E-state index contributed by atoms with van der Waals surface area (Å²) in [5.41, 5.74) is 7.30. The quantitative estimate of drug-likeness (QED) is 0.273. The van der Waals surface area contributed by atoms with Crippen LogP contribution in [0.25, 0.3) is 32.7 Å². The van der Waals surface area contributed by atoms with E-state index in [9.17, 15) is 0 Å². The van der Waals surface area contributed by atoms with Crippen LogP contribution < -0.4 is 9.47 Å². The van der Waals surface area contributed by atoms with Crippen molar-refractivity contribution in [2.75, 3.05) is 19.8 Å². The molecule has 2 aliphatic rings. The number of hydrogen-bond donors (Lipinski definition) is 0. The molecule has 0 radical (unpaired) electrons. The van der Waals surface area contributed by atoms with Crippen LogP contribution in [-0.4, -0.2) is 25.9 Å². The summed E-state index contributed by atoms with van der Waals surface area (Å²) in [4.78, 5) is 0. The molecular weight excluding hydrogens is 420 g/mol. The van der Waals surface area contributed by atoms with E-state index >= 15 is 0 Å². The Bertz CT molecular complexity index is 1300. The minimum atomic E-state index is 0.239. The minimum absolute atomic E-state index is 0.239. The standard InChI is InChI=1S/C31H32O3/c1-18-13-23-7-5-9-26(28(23)20(3)30(18)33-15-22-11-12-22)27-10-6-8-24-14-19(2)31(21(4)29(24)27)34-17-25-16-32-25/h5-10,13-14,22,25H,11-12,15-17H2,1-4H3. The molecule has 0 spiro atoms. The topological polar surface area (TPSA) is 31.0 Å². The van der Waals surface area contributed by atoms with E-state index in [1.54, 1.807) is 0 Å². The Balaban J connectivity index is 1.54. The molecular formula is C31H32O3. The van der Waals surface area contributed by atoms with Crippen molar-refractivity contribution in [3.8, 4) is 22.6 Å². The number of epoxide rings is 1. The van der Waals surface area contributed by atoms with E-state index in [0.717, 1.165) is 30.6 Å². The predicted molar refractivity (Wildman–Crippen MR) is 139 cm³/mol. The van der Waals surface area contributed by atoms with Gasteiger partial charge in [-0.2, -0.15) is 0 Å². The highest BCUT2D eigenvalue weighted by molar-refractivity contribution is 6.09. The van der Waals surface area contributed by atoms with Crippen LogP contribution in [-0.2, 0) is 4.74 Å². The van der Waals surface area contributed by atoms with Crippen LogP contribution in [0.1, 0.15) is 35.1 Å². The van der Waals surface area contributed by atoms with Crippen molar-refractivity contribution in [3.63, 3.8) is 0 Å². The van der Waals surface area contributed by atoms with Gasteiger partial charge >= 0.3 is 0 Å². The van der Waals surface area contributed by atoms with Gasteiger partial charge in [-0.1, -0.05) is 36.4 Å². The van der Waals surface area contributed by atoms with E-state index in [1.807, 2.05) is 0 Å². The first-order chi connectivity index (χ1) is 16.5. The van der Waals surface area contributed by atoms with Gasteiger partial charge in [0.15, 0.2) is 0 Å². The molecule has 1 atom stereocenters. The number of hydrogen-bond acceptors (Lipinski definition) is 3. The third kappa shape index (κ3) is 3.82. The molecule has 0 amide bonds. The van der Waals surface area contributed by atoms with Crippen LogP contribution >= 0.6 is 0 Å². The van der Waals surface area contributed by atoms with Gasteiger partial charge in [-0.25, -0.2) is 0 Å². The van der Waals surface area contributed by atoms with Crippen LogP contribution in [0.15, 0.2) is 48.5 Å². The average Bonchev–Trinajstić information content (AvgIpc) is 3.73. The van der Waals surface area contributed by atoms with Gasteiger partial charge < -0.3 is 14.2 Å². The van der Waals surface area contributed by atoms with Crippen molar-refractivity contribution >= 4 is 21.5 Å². The van der Waals surface area contributed by atoms with E-state index in [0.29, 0.717) is 6.61 Å². The second-order valence-corrected chi connectivity index (χ2v) is 10.1. The lowest BCUT2D eigenvalue weighted by molar-refractivity contribution is 0.261. The average molecular weight is 453 g/mol. The fourth-order valence-electron chi connectivity index (χ4n) is 5.35. The van der Waals surface area contributed by atoms with Gasteiger partial charge in [-0.3, -0.25) is 0 Å². The van der Waals surface area contributed by atoms with E-state index < -0.39 is 0 Å². The molecule has 3 nitrogen and oxygen atoms in total. The van der Waals surface area contributed by atoms with Crippen LogP contribution in [0.2, 0.25) is 0 Å². The smallest absolute Gasteiger partial charge is 0.125 e. The molecule has 4 aromatic rings. The highest BCUT2D eigenvalue weighted by Gasteiger charge is 2.25. The zero-order valence-electron chi connectivity index (χ0n) is 20.5. The third-order valence-corrected chi connectivity index (χ3v) is 7.35. The molecule has 0 N–H and O–H groups in total. The number of aryl methyl sites for hydroxylation is 4. The van der Waals surface area contributed by atoms with Crippen LogP contribution in [0.4, 0.5) is 0 Å². The molecule has 1 unspecified atom stereocenters. The first-order valence-corrected chi connectivity index (χ1v) is 12.4. The molecule has 4 aromatic carbocycles. The fraction of sp³-hybridized carbons (Fsp3) is 0.355. The SMILES string of the molecule is Cc1cc2cccc(-c3cccc4cc(C)c(OCC5CO5)c(C)c34)c2c(C)c1OCC1CC1. The third-order valence-electron chi connectivity index (χ3n) is 7.35. The van der Waals surface area contributed by atoms with Crippen molar-refractivity contribution in [2.24, 2.45) is 5.92 Å². The maximum Gasteiger partial charge on any atom is 0.125 e. The Morgan fingerprint density at radius 2 is 1.24 bits per heavy atom. The van der Waals surface area contributed by atoms with Gasteiger partial charge in [-0.15, -0.1) is 0 Å². The number of ether oxygens (including phenoxy) is 3. The van der Waals surface area contributed by atoms with Crippen molar-refractivity contribution in [1.29, 1.82) is 0 Å². The van der Waals surface area contributed by atoms with Crippen molar-refractivity contribution in [1.82, 2.24) is 0 Å². The van der Waals surface area contributed by atoms with Crippen LogP contribution in [0.3, 0.4) is 0 Å². The molecule has 3 heteroatoms. The van der Waals surface area contributed by atoms with Crippen molar-refractivity contribution in [3.05, 3.63) is 70.8 Å². The molecule has 0 bridgehead atoms. The first kappa shape index (κ1) is 21.5. The highest BCUT2D eigenvalue weighted by Crippen LogP contribution is 2.43. The molecule has 0 aromatic heterocycles. The number of rotatable bonds is 7. The largest absolute Gasteiger partial charge is 0.493 e. The van der Waals surface area contributed by atoms with Gasteiger partial charge in [0, 0.05) is 0 Å². The zero-order valence-corrected chi connectivity index (χ0v) is 20.5. The molecule has 1 aliphatic carbocycles. The summed E-state index contributed by atoms with van der Waals surface area (Å²) < 4.78 is 18.0. The summed E-state index contributed by atoms with van der Waals surface area (Å²) in [6.07, 6.45) is 2.83. The van der Waals surface area contributed by atoms with Gasteiger partial charge in [0.1, 0.15) is 24.2 Å². The Morgan fingerprint density at radius 1 is 0.735 bits per heavy atom. The van der Waals surface area contributed by atoms with Crippen LogP contribution in [0, 0.1) is 33.6 Å². The van der Waals surface area contributed by atoms with Gasteiger partial charge in [0.05, 0.1) is 13.2 Å². The Labute approximate surface area is 201 Å². The van der Waals surface area contributed by atoms with Crippen LogP contribution in [0.5, 0.6) is 11.5 Å². The Kier molecular flexibility index (Phi) is 5.26.